The van der Waals surface area contributed by atoms with Gasteiger partial charge in [0.1, 0.15) is 5.75 Å². The zero-order valence-electron chi connectivity index (χ0n) is 14.5. The van der Waals surface area contributed by atoms with Crippen molar-refractivity contribution in [2.24, 2.45) is 10.2 Å². The molecule has 8 heteroatoms. The largest absolute Gasteiger partial charge is 0.493 e. The molecule has 1 saturated heterocycles. The number of amidine groups is 1. The number of ether oxygens (including phenoxy) is 2. The summed E-state index contributed by atoms with van der Waals surface area (Å²) < 4.78 is 10.1. The van der Waals surface area contributed by atoms with Crippen LogP contribution in [0.15, 0.2) is 33.3 Å². The second-order valence-electron chi connectivity index (χ2n) is 5.15. The molecule has 0 saturated carbocycles. The predicted molar refractivity (Wildman–Crippen MR) is 97.9 cm³/mol. The minimum atomic E-state index is -0.595. The first kappa shape index (κ1) is 18.7. The van der Waals surface area contributed by atoms with Crippen LogP contribution < -0.4 is 10.1 Å². The maximum Gasteiger partial charge on any atom is 0.331 e. The number of esters is 1. The molecule has 25 heavy (non-hydrogen) atoms. The summed E-state index contributed by atoms with van der Waals surface area (Å²) in [4.78, 5) is 23.1. The Hall–Kier alpha value is -2.61. The van der Waals surface area contributed by atoms with Crippen molar-refractivity contribution in [3.8, 4) is 5.75 Å². The zero-order valence-corrected chi connectivity index (χ0v) is 15.3. The molecule has 1 aromatic rings. The molecule has 1 aliphatic heterocycles. The van der Waals surface area contributed by atoms with Crippen LogP contribution in [0.25, 0.3) is 0 Å². The zero-order chi connectivity index (χ0) is 18.4. The molecule has 1 aliphatic rings. The van der Waals surface area contributed by atoms with E-state index in [1.54, 1.807) is 6.21 Å². The number of amides is 1. The van der Waals surface area contributed by atoms with E-state index in [0.717, 1.165) is 40.3 Å². The Morgan fingerprint density at radius 2 is 2.00 bits per heavy atom. The quantitative estimate of drug-likeness (QED) is 0.376. The lowest BCUT2D eigenvalue weighted by molar-refractivity contribution is -0.135. The minimum absolute atomic E-state index is 0.216. The molecular weight excluding hydrogens is 342 g/mol. The van der Waals surface area contributed by atoms with Gasteiger partial charge in [-0.05, 0) is 61.4 Å². The molecule has 132 valence electrons. The van der Waals surface area contributed by atoms with E-state index >= 15 is 0 Å². The van der Waals surface area contributed by atoms with Crippen LogP contribution in [0.5, 0.6) is 5.75 Å². The monoisotopic (exact) mass is 361 g/mol. The van der Waals surface area contributed by atoms with Gasteiger partial charge in [-0.1, -0.05) is 0 Å². The fourth-order valence-electron chi connectivity index (χ4n) is 2.22. The van der Waals surface area contributed by atoms with Crippen LogP contribution in [-0.2, 0) is 14.3 Å². The maximum atomic E-state index is 11.7. The van der Waals surface area contributed by atoms with Gasteiger partial charge in [0.05, 0.1) is 24.8 Å². The lowest BCUT2D eigenvalue weighted by Gasteiger charge is -2.11. The van der Waals surface area contributed by atoms with E-state index in [2.05, 4.69) is 20.3 Å². The topological polar surface area (TPSA) is 89.4 Å². The molecule has 0 aromatic heterocycles. The average molecular weight is 361 g/mol. The van der Waals surface area contributed by atoms with Crippen LogP contribution in [0.2, 0.25) is 0 Å². The Kier molecular flexibility index (Phi) is 6.35. The number of carbonyl (C=O) groups is 2. The molecule has 1 fully saturated rings. The Morgan fingerprint density at radius 1 is 1.32 bits per heavy atom. The summed E-state index contributed by atoms with van der Waals surface area (Å²) in [5.41, 5.74) is 2.91. The molecule has 7 nitrogen and oxygen atoms in total. The third-order valence-electron chi connectivity index (χ3n) is 3.23. The van der Waals surface area contributed by atoms with Gasteiger partial charge in [0.2, 0.25) is 0 Å². The predicted octanol–water partition coefficient (Wildman–Crippen LogP) is 2.31. The summed E-state index contributed by atoms with van der Waals surface area (Å²) in [5, 5.41) is 10.8. The van der Waals surface area contributed by atoms with Crippen LogP contribution in [-0.4, -0.2) is 37.0 Å². The highest BCUT2D eigenvalue weighted by atomic mass is 32.2. The van der Waals surface area contributed by atoms with E-state index in [1.807, 2.05) is 32.9 Å². The molecular formula is C17H19N3O4S. The number of nitrogens with one attached hydrogen (secondary N) is 1. The number of methoxy groups -OCH3 is 1. The third kappa shape index (κ3) is 4.93. The number of nitrogens with zero attached hydrogens (tertiary/aromatic N) is 2. The summed E-state index contributed by atoms with van der Waals surface area (Å²) in [6.45, 7) is 6.50. The van der Waals surface area contributed by atoms with Crippen molar-refractivity contribution in [3.05, 3.63) is 39.8 Å². The van der Waals surface area contributed by atoms with Gasteiger partial charge in [-0.3, -0.25) is 10.1 Å². The van der Waals surface area contributed by atoms with Crippen molar-refractivity contribution in [2.45, 2.75) is 20.8 Å². The number of aryl methyl sites for hydroxylation is 2. The number of rotatable bonds is 5. The lowest BCUT2D eigenvalue weighted by Crippen LogP contribution is -2.19. The van der Waals surface area contributed by atoms with E-state index in [9.17, 15) is 9.59 Å². The highest BCUT2D eigenvalue weighted by molar-refractivity contribution is 8.18. The molecule has 2 rings (SSSR count). The Morgan fingerprint density at radius 3 is 2.60 bits per heavy atom. The lowest BCUT2D eigenvalue weighted by atomic mass is 10.1. The van der Waals surface area contributed by atoms with Gasteiger partial charge in [-0.15, -0.1) is 5.10 Å². The molecule has 0 spiro atoms. The first-order valence-corrected chi connectivity index (χ1v) is 8.40. The SMILES string of the molecule is CCOc1c(C)cc(C=N/N=C2/NC(=O)/C(=C\C(=O)OC)S2)cc1C. The van der Waals surface area contributed by atoms with Crippen molar-refractivity contribution in [1.29, 1.82) is 0 Å². The van der Waals surface area contributed by atoms with Crippen LogP contribution in [0.4, 0.5) is 0 Å². The van der Waals surface area contributed by atoms with Crippen molar-refractivity contribution >= 4 is 35.0 Å². The van der Waals surface area contributed by atoms with E-state index in [1.165, 1.54) is 7.11 Å². The van der Waals surface area contributed by atoms with E-state index in [4.69, 9.17) is 4.74 Å². The molecule has 0 radical (unpaired) electrons. The van der Waals surface area contributed by atoms with Crippen molar-refractivity contribution < 1.29 is 19.1 Å². The normalized spacial score (nSPS) is 17.4. The highest BCUT2D eigenvalue weighted by Crippen LogP contribution is 2.25. The van der Waals surface area contributed by atoms with Gasteiger partial charge in [-0.2, -0.15) is 5.10 Å². The van der Waals surface area contributed by atoms with E-state index in [0.29, 0.717) is 11.8 Å². The first-order valence-electron chi connectivity index (χ1n) is 7.58. The molecule has 0 atom stereocenters. The van der Waals surface area contributed by atoms with Gasteiger partial charge in [0, 0.05) is 6.08 Å². The van der Waals surface area contributed by atoms with Gasteiger partial charge >= 0.3 is 5.97 Å². The standard InChI is InChI=1S/C17H19N3O4S/c1-5-24-15-10(2)6-12(7-11(15)3)9-18-20-17-19-16(22)13(25-17)8-14(21)23-4/h6-9H,5H2,1-4H3,(H,19,20,22)/b13-8+,18-9?. The summed E-state index contributed by atoms with van der Waals surface area (Å²) >= 11 is 1.03. The minimum Gasteiger partial charge on any atom is -0.493 e. The Balaban J connectivity index is 2.11. The second kappa shape index (κ2) is 8.48. The third-order valence-corrected chi connectivity index (χ3v) is 4.13. The molecule has 1 aromatic carbocycles. The fourth-order valence-corrected chi connectivity index (χ4v) is 2.96. The molecule has 0 unspecified atom stereocenters. The number of carbonyl (C=O) groups excluding carboxylic acids is 2. The molecule has 1 heterocycles. The van der Waals surface area contributed by atoms with Crippen molar-refractivity contribution in [2.75, 3.05) is 13.7 Å². The van der Waals surface area contributed by atoms with Crippen molar-refractivity contribution in [1.82, 2.24) is 5.32 Å². The number of hydrogen-bond donors (Lipinski definition) is 1. The first-order chi connectivity index (χ1) is 11.9. The molecule has 0 bridgehead atoms. The van der Waals surface area contributed by atoms with Gasteiger partial charge in [0.15, 0.2) is 5.17 Å². The van der Waals surface area contributed by atoms with Crippen LogP contribution in [0.1, 0.15) is 23.6 Å². The highest BCUT2D eigenvalue weighted by Gasteiger charge is 2.24. The summed E-state index contributed by atoms with van der Waals surface area (Å²) in [6.07, 6.45) is 2.71. The van der Waals surface area contributed by atoms with E-state index in [-0.39, 0.29) is 4.91 Å². The summed E-state index contributed by atoms with van der Waals surface area (Å²) in [7, 11) is 1.25. The van der Waals surface area contributed by atoms with Crippen LogP contribution in [0.3, 0.4) is 0 Å². The fraction of sp³-hybridized carbons (Fsp3) is 0.294. The maximum absolute atomic E-state index is 11.7. The number of benzene rings is 1. The number of hydrogen-bond acceptors (Lipinski definition) is 7. The molecule has 0 aliphatic carbocycles. The van der Waals surface area contributed by atoms with Gasteiger partial charge in [0.25, 0.3) is 5.91 Å². The summed E-state index contributed by atoms with van der Waals surface area (Å²) in [6, 6.07) is 3.90. The van der Waals surface area contributed by atoms with E-state index < -0.39 is 11.9 Å². The van der Waals surface area contributed by atoms with Crippen molar-refractivity contribution in [3.63, 3.8) is 0 Å². The molecule has 1 amide bonds. The smallest absolute Gasteiger partial charge is 0.331 e. The molecule has 1 N–H and O–H groups in total. The Labute approximate surface area is 150 Å². The average Bonchev–Trinajstić information content (AvgIpc) is 2.90. The summed E-state index contributed by atoms with van der Waals surface area (Å²) in [5.74, 6) is -0.123. The second-order valence-corrected chi connectivity index (χ2v) is 6.19. The van der Waals surface area contributed by atoms with Crippen LogP contribution in [0, 0.1) is 13.8 Å². The Bertz CT molecular complexity index is 761. The van der Waals surface area contributed by atoms with Gasteiger partial charge in [-0.25, -0.2) is 4.79 Å². The number of thioether (sulfide) groups is 1. The van der Waals surface area contributed by atoms with Gasteiger partial charge < -0.3 is 9.47 Å². The van der Waals surface area contributed by atoms with Crippen LogP contribution >= 0.6 is 11.8 Å².